The van der Waals surface area contributed by atoms with Crippen LogP contribution in [0.3, 0.4) is 0 Å². The van der Waals surface area contributed by atoms with Crippen molar-refractivity contribution in [3.05, 3.63) is 49.1 Å². The number of amides is 1. The second kappa shape index (κ2) is 10.8. The van der Waals surface area contributed by atoms with E-state index in [1.165, 1.54) is 0 Å². The van der Waals surface area contributed by atoms with Gasteiger partial charge in [0.25, 0.3) is 0 Å². The average molecular weight is 373 g/mol. The molecule has 2 aromatic rings. The lowest BCUT2D eigenvalue weighted by Gasteiger charge is -2.09. The zero-order chi connectivity index (χ0) is 19.5. The summed E-state index contributed by atoms with van der Waals surface area (Å²) in [5.74, 6) is 0.752. The second-order valence-corrected chi connectivity index (χ2v) is 5.40. The molecule has 0 aliphatic rings. The van der Waals surface area contributed by atoms with Gasteiger partial charge in [0.1, 0.15) is 18.1 Å². The summed E-state index contributed by atoms with van der Waals surface area (Å²) < 4.78 is 20.7. The Morgan fingerprint density at radius 2 is 1.74 bits per heavy atom. The van der Waals surface area contributed by atoms with Crippen molar-refractivity contribution in [2.45, 2.75) is 6.92 Å². The van der Waals surface area contributed by atoms with Gasteiger partial charge in [-0.3, -0.25) is 0 Å². The molecule has 0 aliphatic carbocycles. The van der Waals surface area contributed by atoms with Crippen molar-refractivity contribution in [2.24, 2.45) is 0 Å². The van der Waals surface area contributed by atoms with Gasteiger partial charge in [-0.2, -0.15) is 0 Å². The van der Waals surface area contributed by atoms with Crippen molar-refractivity contribution in [3.63, 3.8) is 0 Å². The van der Waals surface area contributed by atoms with Gasteiger partial charge in [0.15, 0.2) is 0 Å². The Kier molecular flexibility index (Phi) is 8.12. The third kappa shape index (κ3) is 6.99. The highest BCUT2D eigenvalue weighted by atomic mass is 16.6. The van der Waals surface area contributed by atoms with E-state index < -0.39 is 12.1 Å². The second-order valence-electron chi connectivity index (χ2n) is 5.40. The summed E-state index contributed by atoms with van der Waals surface area (Å²) in [5, 5.41) is 4.53. The third-order valence-corrected chi connectivity index (χ3v) is 3.46. The number of ether oxygens (including phenoxy) is 4. The summed E-state index contributed by atoms with van der Waals surface area (Å²) >= 11 is 0. The Morgan fingerprint density at radius 3 is 2.44 bits per heavy atom. The first-order chi connectivity index (χ1) is 13.1. The zero-order valence-electron chi connectivity index (χ0n) is 15.2. The maximum absolute atomic E-state index is 11.8. The largest absolute Gasteiger partial charge is 0.494 e. The molecule has 0 spiro atoms. The topological polar surface area (TPSA) is 83.1 Å². The van der Waals surface area contributed by atoms with Crippen LogP contribution in [0.15, 0.2) is 49.1 Å². The highest BCUT2D eigenvalue weighted by Gasteiger charge is 2.05. The number of benzene rings is 2. The van der Waals surface area contributed by atoms with E-state index in [0.29, 0.717) is 12.4 Å². The summed E-state index contributed by atoms with van der Waals surface area (Å²) in [6.45, 7) is 6.76. The highest BCUT2D eigenvalue weighted by Crippen LogP contribution is 2.25. The van der Waals surface area contributed by atoms with E-state index >= 15 is 0 Å². The minimum atomic E-state index is -0.568. The summed E-state index contributed by atoms with van der Waals surface area (Å²) in [5.41, 5.74) is 0. The van der Waals surface area contributed by atoms with E-state index in [-0.39, 0.29) is 26.4 Å². The maximum Gasteiger partial charge on any atom is 0.412 e. The van der Waals surface area contributed by atoms with Gasteiger partial charge in [0.2, 0.25) is 0 Å². The quantitative estimate of drug-likeness (QED) is 0.391. The first-order valence-corrected chi connectivity index (χ1v) is 8.61. The lowest BCUT2D eigenvalue weighted by Crippen LogP contribution is -2.30. The van der Waals surface area contributed by atoms with E-state index in [2.05, 4.69) is 11.9 Å². The molecule has 0 aromatic heterocycles. The predicted octanol–water partition coefficient (Wildman–Crippen LogP) is 3.07. The van der Waals surface area contributed by atoms with Crippen LogP contribution in [0.5, 0.6) is 11.5 Å². The highest BCUT2D eigenvalue weighted by molar-refractivity contribution is 5.86. The molecule has 144 valence electrons. The first kappa shape index (κ1) is 20.3. The van der Waals surface area contributed by atoms with Crippen molar-refractivity contribution < 1.29 is 28.5 Å². The number of carbonyl (C=O) groups is 2. The van der Waals surface area contributed by atoms with Crippen LogP contribution < -0.4 is 14.8 Å². The lowest BCUT2D eigenvalue weighted by molar-refractivity contribution is -0.139. The molecule has 0 bridgehead atoms. The van der Waals surface area contributed by atoms with Gasteiger partial charge in [-0.25, -0.2) is 9.59 Å². The van der Waals surface area contributed by atoms with Gasteiger partial charge in [-0.05, 0) is 42.0 Å². The van der Waals surface area contributed by atoms with Crippen molar-refractivity contribution in [3.8, 4) is 11.5 Å². The Morgan fingerprint density at radius 1 is 1.04 bits per heavy atom. The molecule has 1 N–H and O–H groups in total. The molecule has 7 nitrogen and oxygen atoms in total. The molecule has 2 aromatic carbocycles. The molecular weight excluding hydrogens is 350 g/mol. The summed E-state index contributed by atoms with van der Waals surface area (Å²) in [4.78, 5) is 22.6. The molecule has 27 heavy (non-hydrogen) atoms. The summed E-state index contributed by atoms with van der Waals surface area (Å²) in [6.07, 6.45) is 0.518. The Labute approximate surface area is 157 Å². The molecule has 0 heterocycles. The fourth-order valence-corrected chi connectivity index (χ4v) is 2.25. The number of rotatable bonds is 10. The normalized spacial score (nSPS) is 10.3. The molecule has 0 radical (unpaired) electrons. The van der Waals surface area contributed by atoms with Crippen LogP contribution in [0.25, 0.3) is 10.8 Å². The zero-order valence-corrected chi connectivity index (χ0v) is 15.2. The smallest absolute Gasteiger partial charge is 0.412 e. The Hall–Kier alpha value is -3.06. The molecule has 0 unspecified atom stereocenters. The van der Waals surface area contributed by atoms with Crippen LogP contribution >= 0.6 is 0 Å². The van der Waals surface area contributed by atoms with E-state index in [9.17, 15) is 9.59 Å². The van der Waals surface area contributed by atoms with Gasteiger partial charge < -0.3 is 24.3 Å². The van der Waals surface area contributed by atoms with Crippen molar-refractivity contribution in [1.82, 2.24) is 5.32 Å². The minimum absolute atomic E-state index is 0.136. The Balaban J connectivity index is 1.71. The fraction of sp³-hybridized carbons (Fsp3) is 0.300. The molecule has 0 saturated carbocycles. The van der Waals surface area contributed by atoms with Crippen LogP contribution in [-0.4, -0.2) is 45.0 Å². The van der Waals surface area contributed by atoms with E-state index in [4.69, 9.17) is 18.9 Å². The fourth-order valence-electron chi connectivity index (χ4n) is 2.25. The van der Waals surface area contributed by atoms with Crippen LogP contribution in [0.1, 0.15) is 6.92 Å². The average Bonchev–Trinajstić information content (AvgIpc) is 2.67. The number of carbonyl (C=O) groups excluding carboxylic acids is 2. The van der Waals surface area contributed by atoms with Gasteiger partial charge in [0.05, 0.1) is 19.8 Å². The molecule has 0 fully saturated rings. The first-order valence-electron chi connectivity index (χ1n) is 8.61. The molecular formula is C20H23NO6. The molecule has 0 saturated heterocycles. The standard InChI is InChI=1S/C20H23NO6/c1-3-19(22)26-12-11-24-10-9-21-20(23)27-18-8-6-15-13-17(25-4-2)7-5-16(15)14-18/h3,5-8,13-14H,1,4,9-12H2,2H3,(H,21,23). The van der Waals surface area contributed by atoms with Crippen LogP contribution in [0, 0.1) is 0 Å². The van der Waals surface area contributed by atoms with E-state index in [0.717, 1.165) is 22.6 Å². The number of nitrogens with one attached hydrogen (secondary N) is 1. The maximum atomic E-state index is 11.8. The van der Waals surface area contributed by atoms with Crippen LogP contribution in [-0.2, 0) is 14.3 Å². The monoisotopic (exact) mass is 373 g/mol. The third-order valence-electron chi connectivity index (χ3n) is 3.46. The summed E-state index contributed by atoms with van der Waals surface area (Å²) in [6, 6.07) is 11.1. The van der Waals surface area contributed by atoms with E-state index in [1.807, 2.05) is 31.2 Å². The van der Waals surface area contributed by atoms with Crippen LogP contribution in [0.2, 0.25) is 0 Å². The molecule has 0 atom stereocenters. The number of hydrogen-bond acceptors (Lipinski definition) is 6. The number of hydrogen-bond donors (Lipinski definition) is 1. The van der Waals surface area contributed by atoms with Crippen molar-refractivity contribution in [2.75, 3.05) is 33.0 Å². The van der Waals surface area contributed by atoms with E-state index in [1.54, 1.807) is 12.1 Å². The minimum Gasteiger partial charge on any atom is -0.494 e. The van der Waals surface area contributed by atoms with Gasteiger partial charge in [-0.15, -0.1) is 0 Å². The summed E-state index contributed by atoms with van der Waals surface area (Å²) in [7, 11) is 0. The van der Waals surface area contributed by atoms with Crippen molar-refractivity contribution >= 4 is 22.8 Å². The van der Waals surface area contributed by atoms with Gasteiger partial charge in [-0.1, -0.05) is 18.7 Å². The van der Waals surface area contributed by atoms with Crippen LogP contribution in [0.4, 0.5) is 4.79 Å². The predicted molar refractivity (Wildman–Crippen MR) is 101 cm³/mol. The number of esters is 1. The molecule has 1 amide bonds. The van der Waals surface area contributed by atoms with Gasteiger partial charge in [0, 0.05) is 12.6 Å². The lowest BCUT2D eigenvalue weighted by atomic mass is 10.1. The Bertz CT molecular complexity index is 789. The molecule has 7 heteroatoms. The van der Waals surface area contributed by atoms with Crippen molar-refractivity contribution in [1.29, 1.82) is 0 Å². The number of fused-ring (bicyclic) bond motifs is 1. The van der Waals surface area contributed by atoms with Gasteiger partial charge >= 0.3 is 12.1 Å². The molecule has 2 rings (SSSR count). The molecule has 0 aliphatic heterocycles. The SMILES string of the molecule is C=CC(=O)OCCOCCNC(=O)Oc1ccc2cc(OCC)ccc2c1.